The van der Waals surface area contributed by atoms with Crippen molar-refractivity contribution in [2.45, 2.75) is 19.9 Å². The van der Waals surface area contributed by atoms with Crippen LogP contribution in [0.25, 0.3) is 0 Å². The highest BCUT2D eigenvalue weighted by Gasteiger charge is 2.10. The Morgan fingerprint density at radius 1 is 1.21 bits per heavy atom. The fourth-order valence-corrected chi connectivity index (χ4v) is 1.99. The number of nitriles is 1. The minimum absolute atomic E-state index is 0.0658. The molecule has 0 bridgehead atoms. The molecule has 0 radical (unpaired) electrons. The highest BCUT2D eigenvalue weighted by atomic mass is 19.1. The maximum atomic E-state index is 13.8. The van der Waals surface area contributed by atoms with E-state index in [1.807, 2.05) is 38.1 Å². The van der Waals surface area contributed by atoms with Crippen LogP contribution in [0.5, 0.6) is 0 Å². The molecule has 0 aliphatic carbocycles. The molecule has 0 saturated heterocycles. The van der Waals surface area contributed by atoms with Crippen molar-refractivity contribution < 1.29 is 4.39 Å². The first-order valence-corrected chi connectivity index (χ1v) is 6.13. The van der Waals surface area contributed by atoms with Crippen LogP contribution in [0.15, 0.2) is 42.5 Å². The van der Waals surface area contributed by atoms with Crippen LogP contribution in [-0.2, 0) is 0 Å². The third-order valence-electron chi connectivity index (χ3n) is 3.10. The maximum Gasteiger partial charge on any atom is 0.146 e. The Morgan fingerprint density at radius 3 is 2.63 bits per heavy atom. The lowest BCUT2D eigenvalue weighted by Crippen LogP contribution is -2.09. The predicted molar refractivity (Wildman–Crippen MR) is 74.3 cm³/mol. The van der Waals surface area contributed by atoms with E-state index < -0.39 is 0 Å². The van der Waals surface area contributed by atoms with E-state index >= 15 is 0 Å². The van der Waals surface area contributed by atoms with Crippen molar-refractivity contribution in [1.29, 1.82) is 5.26 Å². The number of hydrogen-bond donors (Lipinski definition) is 1. The first-order chi connectivity index (χ1) is 9.11. The zero-order valence-corrected chi connectivity index (χ0v) is 10.9. The zero-order valence-electron chi connectivity index (χ0n) is 10.9. The average Bonchev–Trinajstić information content (AvgIpc) is 2.43. The zero-order chi connectivity index (χ0) is 13.8. The van der Waals surface area contributed by atoms with Gasteiger partial charge in [0, 0.05) is 6.04 Å². The van der Waals surface area contributed by atoms with E-state index in [0.29, 0.717) is 11.3 Å². The summed E-state index contributed by atoms with van der Waals surface area (Å²) in [5.41, 5.74) is 2.94. The van der Waals surface area contributed by atoms with Crippen LogP contribution in [0.4, 0.5) is 10.1 Å². The van der Waals surface area contributed by atoms with Crippen LogP contribution in [0, 0.1) is 24.1 Å². The lowest BCUT2D eigenvalue weighted by atomic mass is 10.0. The van der Waals surface area contributed by atoms with Crippen LogP contribution in [0.3, 0.4) is 0 Å². The number of anilines is 1. The molecule has 1 unspecified atom stereocenters. The quantitative estimate of drug-likeness (QED) is 0.891. The Hall–Kier alpha value is -2.34. The normalized spacial score (nSPS) is 11.7. The van der Waals surface area contributed by atoms with Gasteiger partial charge in [-0.1, -0.05) is 24.3 Å². The summed E-state index contributed by atoms with van der Waals surface area (Å²) in [7, 11) is 0. The van der Waals surface area contributed by atoms with Gasteiger partial charge in [0.15, 0.2) is 0 Å². The van der Waals surface area contributed by atoms with E-state index in [4.69, 9.17) is 5.26 Å². The standard InChI is InChI=1S/C16H15FN2/c1-11-5-3-8-15(17)16(11)19-12(2)14-7-4-6-13(9-14)10-18/h3-9,12,19H,1-2H3. The monoisotopic (exact) mass is 254 g/mol. The van der Waals surface area contributed by atoms with E-state index in [-0.39, 0.29) is 11.9 Å². The molecule has 0 amide bonds. The topological polar surface area (TPSA) is 35.8 Å². The number of rotatable bonds is 3. The van der Waals surface area contributed by atoms with Crippen molar-refractivity contribution in [3.8, 4) is 6.07 Å². The summed E-state index contributed by atoms with van der Waals surface area (Å²) in [5.74, 6) is -0.261. The molecule has 0 spiro atoms. The lowest BCUT2D eigenvalue weighted by molar-refractivity contribution is 0.626. The molecule has 19 heavy (non-hydrogen) atoms. The summed E-state index contributed by atoms with van der Waals surface area (Å²) in [6, 6.07) is 14.4. The second-order valence-corrected chi connectivity index (χ2v) is 4.54. The molecule has 2 aromatic carbocycles. The lowest BCUT2D eigenvalue weighted by Gasteiger charge is -2.18. The largest absolute Gasteiger partial charge is 0.376 e. The van der Waals surface area contributed by atoms with Crippen LogP contribution < -0.4 is 5.32 Å². The Balaban J connectivity index is 2.26. The average molecular weight is 254 g/mol. The van der Waals surface area contributed by atoms with Crippen molar-refractivity contribution in [3.05, 3.63) is 65.0 Å². The molecule has 2 nitrogen and oxygen atoms in total. The van der Waals surface area contributed by atoms with Gasteiger partial charge >= 0.3 is 0 Å². The number of para-hydroxylation sites is 1. The minimum Gasteiger partial charge on any atom is -0.376 e. The molecule has 3 heteroatoms. The van der Waals surface area contributed by atoms with Gasteiger partial charge < -0.3 is 5.32 Å². The number of aryl methyl sites for hydroxylation is 1. The predicted octanol–water partition coefficient (Wildman–Crippen LogP) is 4.18. The van der Waals surface area contributed by atoms with Crippen LogP contribution in [0.2, 0.25) is 0 Å². The van der Waals surface area contributed by atoms with Gasteiger partial charge in [-0.25, -0.2) is 4.39 Å². The van der Waals surface area contributed by atoms with E-state index in [1.165, 1.54) is 6.07 Å². The van der Waals surface area contributed by atoms with Gasteiger partial charge in [-0.05, 0) is 43.2 Å². The first kappa shape index (κ1) is 13.1. The number of hydrogen-bond acceptors (Lipinski definition) is 2. The molecule has 0 saturated carbocycles. The Labute approximate surface area is 112 Å². The number of benzene rings is 2. The van der Waals surface area contributed by atoms with E-state index in [2.05, 4.69) is 11.4 Å². The minimum atomic E-state index is -0.261. The fourth-order valence-electron chi connectivity index (χ4n) is 1.99. The van der Waals surface area contributed by atoms with Gasteiger partial charge in [-0.15, -0.1) is 0 Å². The highest BCUT2D eigenvalue weighted by Crippen LogP contribution is 2.25. The smallest absolute Gasteiger partial charge is 0.146 e. The molecule has 2 aromatic rings. The van der Waals surface area contributed by atoms with E-state index in [9.17, 15) is 4.39 Å². The molecule has 2 rings (SSSR count). The molecule has 0 aliphatic heterocycles. The van der Waals surface area contributed by atoms with Gasteiger partial charge in [0.05, 0.1) is 17.3 Å². The van der Waals surface area contributed by atoms with Crippen LogP contribution >= 0.6 is 0 Å². The summed E-state index contributed by atoms with van der Waals surface area (Å²) >= 11 is 0. The van der Waals surface area contributed by atoms with Crippen molar-refractivity contribution in [2.24, 2.45) is 0 Å². The molecular formula is C16H15FN2. The molecule has 0 fully saturated rings. The fraction of sp³-hybridized carbons (Fsp3) is 0.188. The van der Waals surface area contributed by atoms with Gasteiger partial charge in [0.2, 0.25) is 0 Å². The van der Waals surface area contributed by atoms with Crippen molar-refractivity contribution >= 4 is 5.69 Å². The second-order valence-electron chi connectivity index (χ2n) is 4.54. The third kappa shape index (κ3) is 2.92. The highest BCUT2D eigenvalue weighted by molar-refractivity contribution is 5.53. The van der Waals surface area contributed by atoms with Gasteiger partial charge in [0.25, 0.3) is 0 Å². The Bertz CT molecular complexity index is 609. The van der Waals surface area contributed by atoms with Gasteiger partial charge in [0.1, 0.15) is 5.82 Å². The van der Waals surface area contributed by atoms with E-state index in [0.717, 1.165) is 11.1 Å². The molecule has 0 aromatic heterocycles. The molecule has 1 N–H and O–H groups in total. The molecular weight excluding hydrogens is 239 g/mol. The van der Waals surface area contributed by atoms with Crippen molar-refractivity contribution in [1.82, 2.24) is 0 Å². The summed E-state index contributed by atoms with van der Waals surface area (Å²) in [5, 5.41) is 12.1. The van der Waals surface area contributed by atoms with Gasteiger partial charge in [-0.2, -0.15) is 5.26 Å². The molecule has 1 atom stereocenters. The number of nitrogens with zero attached hydrogens (tertiary/aromatic N) is 1. The van der Waals surface area contributed by atoms with Crippen LogP contribution in [-0.4, -0.2) is 0 Å². The Morgan fingerprint density at radius 2 is 1.95 bits per heavy atom. The maximum absolute atomic E-state index is 13.8. The Kier molecular flexibility index (Phi) is 3.82. The van der Waals surface area contributed by atoms with Crippen molar-refractivity contribution in [3.63, 3.8) is 0 Å². The SMILES string of the molecule is Cc1cccc(F)c1NC(C)c1cccc(C#N)c1. The van der Waals surface area contributed by atoms with Crippen LogP contribution in [0.1, 0.15) is 29.7 Å². The second kappa shape index (κ2) is 5.53. The molecule has 96 valence electrons. The first-order valence-electron chi connectivity index (χ1n) is 6.13. The third-order valence-corrected chi connectivity index (χ3v) is 3.10. The van der Waals surface area contributed by atoms with E-state index in [1.54, 1.807) is 12.1 Å². The summed E-state index contributed by atoms with van der Waals surface area (Å²) in [6.45, 7) is 3.81. The number of nitrogens with one attached hydrogen (secondary N) is 1. The molecule has 0 heterocycles. The summed E-state index contributed by atoms with van der Waals surface area (Å²) in [6.07, 6.45) is 0. The summed E-state index contributed by atoms with van der Waals surface area (Å²) < 4.78 is 13.8. The van der Waals surface area contributed by atoms with Crippen molar-refractivity contribution in [2.75, 3.05) is 5.32 Å². The molecule has 0 aliphatic rings. The summed E-state index contributed by atoms with van der Waals surface area (Å²) in [4.78, 5) is 0. The van der Waals surface area contributed by atoms with Gasteiger partial charge in [-0.3, -0.25) is 0 Å². The number of halogens is 1.